The molecule has 7 heteroatoms. The number of aryl methyl sites for hydroxylation is 1. The molecular formula is C25H25BrN2O3S. The predicted molar refractivity (Wildman–Crippen MR) is 128 cm³/mol. The molecule has 0 heterocycles. The molecule has 0 saturated heterocycles. The molecule has 1 aliphatic rings. The van der Waals surface area contributed by atoms with Crippen molar-refractivity contribution in [3.05, 3.63) is 100 Å². The monoisotopic (exact) mass is 512 g/mol. The maximum absolute atomic E-state index is 13.4. The van der Waals surface area contributed by atoms with Gasteiger partial charge in [-0.25, -0.2) is 8.42 Å². The van der Waals surface area contributed by atoms with Crippen LogP contribution in [0.15, 0.2) is 88.2 Å². The third-order valence-electron chi connectivity index (χ3n) is 5.68. The van der Waals surface area contributed by atoms with Crippen LogP contribution in [0.5, 0.6) is 0 Å². The maximum Gasteiger partial charge on any atom is 0.243 e. The fourth-order valence-electron chi connectivity index (χ4n) is 4.07. The average molecular weight is 513 g/mol. The Hall–Kier alpha value is -2.48. The van der Waals surface area contributed by atoms with Crippen LogP contribution in [0.25, 0.3) is 0 Å². The van der Waals surface area contributed by atoms with Crippen molar-refractivity contribution in [3.8, 4) is 0 Å². The normalized spacial score (nSPS) is 15.9. The summed E-state index contributed by atoms with van der Waals surface area (Å²) < 4.78 is 28.8. The van der Waals surface area contributed by atoms with E-state index in [1.807, 2.05) is 48.5 Å². The highest BCUT2D eigenvalue weighted by Crippen LogP contribution is 2.29. The van der Waals surface area contributed by atoms with E-state index >= 15 is 0 Å². The van der Waals surface area contributed by atoms with E-state index in [0.29, 0.717) is 0 Å². The van der Waals surface area contributed by atoms with Gasteiger partial charge in [0, 0.05) is 11.0 Å². The summed E-state index contributed by atoms with van der Waals surface area (Å²) in [5.41, 5.74) is 3.19. The summed E-state index contributed by atoms with van der Waals surface area (Å²) in [5.74, 6) is -0.302. The van der Waals surface area contributed by atoms with Crippen molar-refractivity contribution in [1.82, 2.24) is 9.62 Å². The zero-order valence-corrected chi connectivity index (χ0v) is 20.0. The number of nitrogens with zero attached hydrogens (tertiary/aromatic N) is 1. The minimum absolute atomic E-state index is 0.0959. The molecule has 1 N–H and O–H groups in total. The molecule has 0 bridgehead atoms. The number of carbonyl (C=O) groups excluding carboxylic acids is 1. The molecule has 166 valence electrons. The van der Waals surface area contributed by atoms with Gasteiger partial charge in [-0.2, -0.15) is 4.31 Å². The van der Waals surface area contributed by atoms with Gasteiger partial charge in [-0.1, -0.05) is 70.5 Å². The summed E-state index contributed by atoms with van der Waals surface area (Å²) in [4.78, 5) is 13.2. The Balaban J connectivity index is 1.56. The minimum Gasteiger partial charge on any atom is -0.348 e. The molecule has 3 aromatic rings. The summed E-state index contributed by atoms with van der Waals surface area (Å²) in [5, 5.41) is 3.07. The number of sulfonamides is 1. The van der Waals surface area contributed by atoms with Gasteiger partial charge in [-0.05, 0) is 60.2 Å². The van der Waals surface area contributed by atoms with Crippen LogP contribution >= 0.6 is 15.9 Å². The molecule has 0 radical (unpaired) electrons. The average Bonchev–Trinajstić information content (AvgIpc) is 2.80. The van der Waals surface area contributed by atoms with E-state index in [4.69, 9.17) is 0 Å². The Labute approximate surface area is 197 Å². The molecule has 32 heavy (non-hydrogen) atoms. The molecule has 0 fully saturated rings. The van der Waals surface area contributed by atoms with Crippen molar-refractivity contribution in [2.75, 3.05) is 6.54 Å². The molecule has 0 aliphatic heterocycles. The van der Waals surface area contributed by atoms with Crippen LogP contribution in [0.2, 0.25) is 0 Å². The summed E-state index contributed by atoms with van der Waals surface area (Å²) in [6, 6.07) is 23.8. The molecule has 0 saturated carbocycles. The Morgan fingerprint density at radius 2 is 1.66 bits per heavy atom. The topological polar surface area (TPSA) is 66.5 Å². The smallest absolute Gasteiger partial charge is 0.243 e. The largest absolute Gasteiger partial charge is 0.348 e. The van der Waals surface area contributed by atoms with Gasteiger partial charge in [0.25, 0.3) is 0 Å². The number of hydrogen-bond donors (Lipinski definition) is 1. The van der Waals surface area contributed by atoms with Crippen molar-refractivity contribution in [1.29, 1.82) is 0 Å². The Morgan fingerprint density at radius 1 is 0.969 bits per heavy atom. The first-order chi connectivity index (χ1) is 15.4. The Bertz CT molecular complexity index is 1180. The number of hydrogen-bond acceptors (Lipinski definition) is 3. The van der Waals surface area contributed by atoms with E-state index in [1.54, 1.807) is 24.3 Å². The van der Waals surface area contributed by atoms with Gasteiger partial charge in [0.1, 0.15) is 0 Å². The van der Waals surface area contributed by atoms with Gasteiger partial charge in [-0.3, -0.25) is 4.79 Å². The molecule has 1 unspecified atom stereocenters. The molecule has 1 amide bonds. The minimum atomic E-state index is -3.86. The highest BCUT2D eigenvalue weighted by molar-refractivity contribution is 9.10. The van der Waals surface area contributed by atoms with Gasteiger partial charge in [0.15, 0.2) is 0 Å². The zero-order valence-electron chi connectivity index (χ0n) is 17.6. The number of carbonyl (C=O) groups is 1. The zero-order chi connectivity index (χ0) is 22.6. The van der Waals surface area contributed by atoms with Crippen LogP contribution in [-0.2, 0) is 27.8 Å². The van der Waals surface area contributed by atoms with Crippen LogP contribution in [0.1, 0.15) is 35.6 Å². The Kier molecular flexibility index (Phi) is 7.08. The number of nitrogens with one attached hydrogen (secondary N) is 1. The number of rotatable bonds is 7. The molecule has 0 aromatic heterocycles. The van der Waals surface area contributed by atoms with Gasteiger partial charge in [0.05, 0.1) is 17.5 Å². The lowest BCUT2D eigenvalue weighted by atomic mass is 9.88. The van der Waals surface area contributed by atoms with Crippen LogP contribution in [0, 0.1) is 0 Å². The van der Waals surface area contributed by atoms with Gasteiger partial charge < -0.3 is 5.32 Å². The van der Waals surface area contributed by atoms with Crippen LogP contribution in [0.4, 0.5) is 0 Å². The number of fused-ring (bicyclic) bond motifs is 1. The van der Waals surface area contributed by atoms with E-state index in [1.165, 1.54) is 9.87 Å². The van der Waals surface area contributed by atoms with Crippen LogP contribution in [0.3, 0.4) is 0 Å². The van der Waals surface area contributed by atoms with E-state index in [2.05, 4.69) is 27.3 Å². The van der Waals surface area contributed by atoms with Crippen molar-refractivity contribution in [2.45, 2.75) is 36.7 Å². The molecule has 5 nitrogen and oxygen atoms in total. The van der Waals surface area contributed by atoms with Crippen molar-refractivity contribution in [3.63, 3.8) is 0 Å². The highest BCUT2D eigenvalue weighted by atomic mass is 79.9. The fourth-order valence-corrected chi connectivity index (χ4v) is 5.72. The standard InChI is InChI=1S/C25H25BrN2O3S/c26-21-13-15-22(16-14-21)32(30,31)28(17-19-7-2-1-3-8-19)18-25(29)27-24-12-6-10-20-9-4-5-11-23(20)24/h1-5,7-9,11,13-16,24H,6,10,12,17-18H2,(H,27,29). The van der Waals surface area contributed by atoms with Gasteiger partial charge in [-0.15, -0.1) is 0 Å². The summed E-state index contributed by atoms with van der Waals surface area (Å²) in [6.07, 6.45) is 2.84. The maximum atomic E-state index is 13.4. The summed E-state index contributed by atoms with van der Waals surface area (Å²) in [6.45, 7) is -0.125. The lowest BCUT2D eigenvalue weighted by Crippen LogP contribution is -2.42. The second-order valence-electron chi connectivity index (χ2n) is 7.92. The van der Waals surface area contributed by atoms with E-state index in [-0.39, 0.29) is 29.9 Å². The lowest BCUT2D eigenvalue weighted by Gasteiger charge is -2.28. The van der Waals surface area contributed by atoms with Gasteiger partial charge in [0.2, 0.25) is 15.9 Å². The third kappa shape index (κ3) is 5.28. The summed E-state index contributed by atoms with van der Waals surface area (Å²) >= 11 is 3.34. The first-order valence-electron chi connectivity index (χ1n) is 10.6. The second-order valence-corrected chi connectivity index (χ2v) is 10.8. The first-order valence-corrected chi connectivity index (χ1v) is 12.8. The Morgan fingerprint density at radius 3 is 2.41 bits per heavy atom. The number of halogens is 1. The van der Waals surface area contributed by atoms with E-state index < -0.39 is 10.0 Å². The predicted octanol–water partition coefficient (Wildman–Crippen LogP) is 4.83. The fraction of sp³-hybridized carbons (Fsp3) is 0.240. The molecule has 1 atom stereocenters. The van der Waals surface area contributed by atoms with Crippen molar-refractivity contribution >= 4 is 31.9 Å². The lowest BCUT2D eigenvalue weighted by molar-refractivity contribution is -0.122. The van der Waals surface area contributed by atoms with Crippen molar-refractivity contribution in [2.24, 2.45) is 0 Å². The van der Waals surface area contributed by atoms with Crippen LogP contribution < -0.4 is 5.32 Å². The molecule has 1 aliphatic carbocycles. The third-order valence-corrected chi connectivity index (χ3v) is 8.01. The summed E-state index contributed by atoms with van der Waals surface area (Å²) in [7, 11) is -3.86. The van der Waals surface area contributed by atoms with Gasteiger partial charge >= 0.3 is 0 Å². The SMILES string of the molecule is O=C(CN(Cc1ccccc1)S(=O)(=O)c1ccc(Br)cc1)NC1CCCc2ccccc21. The molecule has 3 aromatic carbocycles. The molecule has 0 spiro atoms. The molecular weight excluding hydrogens is 488 g/mol. The van der Waals surface area contributed by atoms with E-state index in [9.17, 15) is 13.2 Å². The van der Waals surface area contributed by atoms with Crippen molar-refractivity contribution < 1.29 is 13.2 Å². The van der Waals surface area contributed by atoms with E-state index in [0.717, 1.165) is 34.9 Å². The first kappa shape index (κ1) is 22.7. The highest BCUT2D eigenvalue weighted by Gasteiger charge is 2.29. The number of benzene rings is 3. The quantitative estimate of drug-likeness (QED) is 0.492. The number of amides is 1. The van der Waals surface area contributed by atoms with Crippen LogP contribution in [-0.4, -0.2) is 25.2 Å². The second kappa shape index (κ2) is 9.98. The molecule has 4 rings (SSSR count).